The Kier molecular flexibility index (Phi) is 4.86. The first-order valence-corrected chi connectivity index (χ1v) is 9.02. The van der Waals surface area contributed by atoms with Crippen LogP contribution >= 0.6 is 0 Å². The minimum absolute atomic E-state index is 0.114. The van der Waals surface area contributed by atoms with Crippen molar-refractivity contribution in [3.05, 3.63) is 29.8 Å². The molecule has 0 aliphatic carbocycles. The zero-order chi connectivity index (χ0) is 14.8. The number of piperidine rings is 1. The maximum Gasteiger partial charge on any atom is 0.243 e. The number of benzene rings is 1. The molecule has 112 valence electrons. The molecule has 1 heterocycles. The molecule has 1 aromatic carbocycles. The Morgan fingerprint density at radius 2 is 1.90 bits per heavy atom. The van der Waals surface area contributed by atoms with Gasteiger partial charge in [0.2, 0.25) is 10.0 Å². The molecular weight excluding hydrogens is 270 g/mol. The van der Waals surface area contributed by atoms with Crippen LogP contribution in [-0.2, 0) is 10.0 Å². The van der Waals surface area contributed by atoms with Crippen LogP contribution in [0.3, 0.4) is 0 Å². The van der Waals surface area contributed by atoms with E-state index in [4.69, 9.17) is 0 Å². The summed E-state index contributed by atoms with van der Waals surface area (Å²) in [6, 6.07) is 7.55. The minimum Gasteiger partial charge on any atom is -0.207 e. The van der Waals surface area contributed by atoms with E-state index < -0.39 is 10.0 Å². The van der Waals surface area contributed by atoms with Crippen molar-refractivity contribution in [3.8, 4) is 0 Å². The van der Waals surface area contributed by atoms with Gasteiger partial charge < -0.3 is 0 Å². The fraction of sp³-hybridized carbons (Fsp3) is 0.625. The normalized spacial score (nSPS) is 22.6. The summed E-state index contributed by atoms with van der Waals surface area (Å²) in [7, 11) is -3.33. The van der Waals surface area contributed by atoms with Crippen molar-refractivity contribution < 1.29 is 8.42 Å². The van der Waals surface area contributed by atoms with Gasteiger partial charge in [0.25, 0.3) is 0 Å². The molecule has 1 aliphatic rings. The van der Waals surface area contributed by atoms with E-state index in [0.29, 0.717) is 17.4 Å². The van der Waals surface area contributed by atoms with Gasteiger partial charge in [-0.2, -0.15) is 4.31 Å². The lowest BCUT2D eigenvalue weighted by atomic mass is 9.99. The van der Waals surface area contributed by atoms with Crippen molar-refractivity contribution in [1.82, 2.24) is 4.31 Å². The number of rotatable bonds is 4. The fourth-order valence-electron chi connectivity index (χ4n) is 2.77. The van der Waals surface area contributed by atoms with Crippen LogP contribution < -0.4 is 0 Å². The molecule has 0 radical (unpaired) electrons. The molecule has 0 saturated carbocycles. The smallest absolute Gasteiger partial charge is 0.207 e. The van der Waals surface area contributed by atoms with E-state index in [0.717, 1.165) is 25.7 Å². The quantitative estimate of drug-likeness (QED) is 0.848. The van der Waals surface area contributed by atoms with E-state index in [1.165, 1.54) is 5.56 Å². The van der Waals surface area contributed by atoms with Crippen LogP contribution in [0.2, 0.25) is 0 Å². The second-order valence-electron chi connectivity index (χ2n) is 5.84. The van der Waals surface area contributed by atoms with Gasteiger partial charge >= 0.3 is 0 Å². The van der Waals surface area contributed by atoms with Crippen LogP contribution in [0.1, 0.15) is 57.9 Å². The van der Waals surface area contributed by atoms with Crippen LogP contribution in [0.4, 0.5) is 0 Å². The lowest BCUT2D eigenvalue weighted by Crippen LogP contribution is -2.41. The number of hydrogen-bond acceptors (Lipinski definition) is 2. The third kappa shape index (κ3) is 3.07. The van der Waals surface area contributed by atoms with E-state index in [9.17, 15) is 8.42 Å². The van der Waals surface area contributed by atoms with Gasteiger partial charge in [-0.1, -0.05) is 32.4 Å². The van der Waals surface area contributed by atoms with Crippen LogP contribution in [-0.4, -0.2) is 25.3 Å². The predicted molar refractivity (Wildman–Crippen MR) is 82.4 cm³/mol. The summed E-state index contributed by atoms with van der Waals surface area (Å²) in [6.07, 6.45) is 4.12. The highest BCUT2D eigenvalue weighted by Crippen LogP contribution is 2.26. The third-order valence-electron chi connectivity index (χ3n) is 4.41. The largest absolute Gasteiger partial charge is 0.243 e. The lowest BCUT2D eigenvalue weighted by Gasteiger charge is -2.32. The molecule has 0 N–H and O–H groups in total. The highest BCUT2D eigenvalue weighted by Gasteiger charge is 2.30. The van der Waals surface area contributed by atoms with E-state index >= 15 is 0 Å². The van der Waals surface area contributed by atoms with Crippen LogP contribution in [0, 0.1) is 0 Å². The minimum atomic E-state index is -3.33. The van der Waals surface area contributed by atoms with Gasteiger partial charge in [0.15, 0.2) is 0 Å². The highest BCUT2D eigenvalue weighted by molar-refractivity contribution is 7.89. The number of hydrogen-bond donors (Lipinski definition) is 0. The molecule has 1 aromatic rings. The van der Waals surface area contributed by atoms with Crippen molar-refractivity contribution in [2.45, 2.75) is 63.3 Å². The Morgan fingerprint density at radius 3 is 2.45 bits per heavy atom. The second kappa shape index (κ2) is 6.27. The molecule has 1 aliphatic heterocycles. The second-order valence-corrected chi connectivity index (χ2v) is 7.73. The summed E-state index contributed by atoms with van der Waals surface area (Å²) < 4.78 is 27.0. The predicted octanol–water partition coefficient (Wildman–Crippen LogP) is 3.76. The maximum absolute atomic E-state index is 12.7. The van der Waals surface area contributed by atoms with Gasteiger partial charge in [0.1, 0.15) is 0 Å². The van der Waals surface area contributed by atoms with Gasteiger partial charge in [-0.05, 0) is 49.8 Å². The summed E-state index contributed by atoms with van der Waals surface area (Å²) in [5.74, 6) is 0.473. The Bertz CT molecular complexity index is 536. The Labute approximate surface area is 123 Å². The van der Waals surface area contributed by atoms with Gasteiger partial charge in [0, 0.05) is 12.6 Å². The Morgan fingerprint density at radius 1 is 1.25 bits per heavy atom. The molecule has 3 nitrogen and oxygen atoms in total. The van der Waals surface area contributed by atoms with Crippen molar-refractivity contribution in [2.24, 2.45) is 0 Å². The fourth-order valence-corrected chi connectivity index (χ4v) is 4.47. The molecule has 1 fully saturated rings. The SMILES string of the molecule is CC[C@@H](C)c1ccc(S(=O)(=O)N2CCCC[C@H]2C)cc1. The van der Waals surface area contributed by atoms with E-state index in [2.05, 4.69) is 13.8 Å². The van der Waals surface area contributed by atoms with Gasteiger partial charge in [0.05, 0.1) is 4.90 Å². The molecule has 0 bridgehead atoms. The maximum atomic E-state index is 12.7. The summed E-state index contributed by atoms with van der Waals surface area (Å²) in [6.45, 7) is 6.96. The molecule has 20 heavy (non-hydrogen) atoms. The Balaban J connectivity index is 2.25. The van der Waals surface area contributed by atoms with Crippen LogP contribution in [0.25, 0.3) is 0 Å². The van der Waals surface area contributed by atoms with Gasteiger partial charge in [-0.15, -0.1) is 0 Å². The zero-order valence-electron chi connectivity index (χ0n) is 12.7. The monoisotopic (exact) mass is 295 g/mol. The summed E-state index contributed by atoms with van der Waals surface area (Å²) >= 11 is 0. The van der Waals surface area contributed by atoms with E-state index in [1.807, 2.05) is 19.1 Å². The lowest BCUT2D eigenvalue weighted by molar-refractivity contribution is 0.268. The van der Waals surface area contributed by atoms with Gasteiger partial charge in [-0.3, -0.25) is 0 Å². The molecule has 2 atom stereocenters. The zero-order valence-corrected chi connectivity index (χ0v) is 13.5. The van der Waals surface area contributed by atoms with Crippen molar-refractivity contribution in [1.29, 1.82) is 0 Å². The molecule has 0 unspecified atom stereocenters. The van der Waals surface area contributed by atoms with E-state index in [-0.39, 0.29) is 6.04 Å². The van der Waals surface area contributed by atoms with Crippen molar-refractivity contribution in [2.75, 3.05) is 6.54 Å². The standard InChI is InChI=1S/C16H25NO2S/c1-4-13(2)15-8-10-16(11-9-15)20(18,19)17-12-6-5-7-14(17)3/h8-11,13-14H,4-7,12H2,1-3H3/t13-,14-/m1/s1. The third-order valence-corrected chi connectivity index (χ3v) is 6.44. The first-order chi connectivity index (χ1) is 9.46. The van der Waals surface area contributed by atoms with Crippen molar-refractivity contribution in [3.63, 3.8) is 0 Å². The number of sulfonamides is 1. The first kappa shape index (κ1) is 15.5. The molecule has 0 amide bonds. The molecule has 4 heteroatoms. The van der Waals surface area contributed by atoms with Crippen LogP contribution in [0.15, 0.2) is 29.2 Å². The Hall–Kier alpha value is -0.870. The van der Waals surface area contributed by atoms with Crippen LogP contribution in [0.5, 0.6) is 0 Å². The average Bonchev–Trinajstić information content (AvgIpc) is 2.47. The van der Waals surface area contributed by atoms with Gasteiger partial charge in [-0.25, -0.2) is 8.42 Å². The van der Waals surface area contributed by atoms with E-state index in [1.54, 1.807) is 16.4 Å². The summed E-state index contributed by atoms with van der Waals surface area (Å²) in [4.78, 5) is 0.429. The molecule has 1 saturated heterocycles. The summed E-state index contributed by atoms with van der Waals surface area (Å²) in [5, 5.41) is 0. The molecule has 0 spiro atoms. The summed E-state index contributed by atoms with van der Waals surface area (Å²) in [5.41, 5.74) is 1.21. The molecule has 2 rings (SSSR count). The number of nitrogens with zero attached hydrogens (tertiary/aromatic N) is 1. The molecule has 0 aromatic heterocycles. The van der Waals surface area contributed by atoms with Crippen molar-refractivity contribution >= 4 is 10.0 Å². The highest BCUT2D eigenvalue weighted by atomic mass is 32.2. The topological polar surface area (TPSA) is 37.4 Å². The first-order valence-electron chi connectivity index (χ1n) is 7.58. The average molecular weight is 295 g/mol. The molecular formula is C16H25NO2S.